The van der Waals surface area contributed by atoms with Crippen LogP contribution in [-0.2, 0) is 9.53 Å². The first-order valence-electron chi connectivity index (χ1n) is 5.91. The number of esters is 1. The van der Waals surface area contributed by atoms with Gasteiger partial charge in [0.15, 0.2) is 0 Å². The van der Waals surface area contributed by atoms with E-state index in [0.29, 0.717) is 5.57 Å². The minimum atomic E-state index is -0.615. The molecule has 1 saturated carbocycles. The minimum Gasteiger partial charge on any atom is -0.456 e. The monoisotopic (exact) mass is 226 g/mol. The van der Waals surface area contributed by atoms with Crippen LogP contribution in [0, 0.1) is 5.92 Å². The van der Waals surface area contributed by atoms with Crippen molar-refractivity contribution in [1.82, 2.24) is 0 Å². The Kier molecular flexibility index (Phi) is 4.14. The smallest absolute Gasteiger partial charge is 0.333 e. The normalized spacial score (nSPS) is 26.2. The van der Waals surface area contributed by atoms with Crippen LogP contribution in [0.3, 0.4) is 0 Å². The summed E-state index contributed by atoms with van der Waals surface area (Å²) in [5, 5.41) is 9.94. The largest absolute Gasteiger partial charge is 0.456 e. The molecule has 0 radical (unpaired) electrons. The number of carbonyl (C=O) groups is 1. The predicted molar refractivity (Wildman–Crippen MR) is 62.9 cm³/mol. The van der Waals surface area contributed by atoms with E-state index in [1.54, 1.807) is 6.92 Å². The Morgan fingerprint density at radius 1 is 1.38 bits per heavy atom. The summed E-state index contributed by atoms with van der Waals surface area (Å²) in [6, 6.07) is 0. The van der Waals surface area contributed by atoms with Gasteiger partial charge in [0.05, 0.1) is 6.10 Å². The average Bonchev–Trinajstić information content (AvgIpc) is 2.17. The number of carbonyl (C=O) groups excluding carboxylic acids is 1. The Hall–Kier alpha value is -0.830. The summed E-state index contributed by atoms with van der Waals surface area (Å²) >= 11 is 0. The van der Waals surface area contributed by atoms with Crippen molar-refractivity contribution in [2.45, 2.75) is 58.2 Å². The summed E-state index contributed by atoms with van der Waals surface area (Å²) < 4.78 is 5.41. The molecule has 1 aliphatic rings. The second kappa shape index (κ2) is 5.00. The second-order valence-corrected chi connectivity index (χ2v) is 5.23. The molecular formula is C13H22O3. The van der Waals surface area contributed by atoms with Crippen molar-refractivity contribution in [3.05, 3.63) is 12.2 Å². The molecule has 0 aromatic rings. The van der Waals surface area contributed by atoms with Gasteiger partial charge in [-0.1, -0.05) is 19.4 Å². The van der Waals surface area contributed by atoms with E-state index in [1.165, 1.54) is 0 Å². The molecule has 0 aromatic carbocycles. The molecule has 2 atom stereocenters. The molecule has 16 heavy (non-hydrogen) atoms. The maximum Gasteiger partial charge on any atom is 0.333 e. The summed E-state index contributed by atoms with van der Waals surface area (Å²) in [4.78, 5) is 11.5. The Balaban J connectivity index is 2.67. The first-order chi connectivity index (χ1) is 7.34. The molecule has 0 amide bonds. The summed E-state index contributed by atoms with van der Waals surface area (Å²) in [6.45, 7) is 8.94. The molecule has 2 unspecified atom stereocenters. The summed E-state index contributed by atoms with van der Waals surface area (Å²) in [5.41, 5.74) is -0.214. The standard InChI is InChI=1S/C13H22O3/c1-9(2)12(15)16-13(3,4)10-7-5-6-8-11(10)14/h10-11,14H,1,5-8H2,2-4H3. The lowest BCUT2D eigenvalue weighted by atomic mass is 9.76. The van der Waals surface area contributed by atoms with Crippen molar-refractivity contribution in [3.63, 3.8) is 0 Å². The van der Waals surface area contributed by atoms with Crippen molar-refractivity contribution in [2.24, 2.45) is 5.92 Å². The SMILES string of the molecule is C=C(C)C(=O)OC(C)(C)C1CCCCC1O. The van der Waals surface area contributed by atoms with Crippen LogP contribution in [0.2, 0.25) is 0 Å². The van der Waals surface area contributed by atoms with Gasteiger partial charge in [-0.25, -0.2) is 4.79 Å². The quantitative estimate of drug-likeness (QED) is 0.594. The van der Waals surface area contributed by atoms with Crippen molar-refractivity contribution in [3.8, 4) is 0 Å². The first kappa shape index (κ1) is 13.2. The maximum absolute atomic E-state index is 11.5. The third kappa shape index (κ3) is 3.08. The van der Waals surface area contributed by atoms with Gasteiger partial charge in [0.2, 0.25) is 0 Å². The fourth-order valence-electron chi connectivity index (χ4n) is 2.32. The molecule has 0 heterocycles. The molecule has 0 saturated heterocycles. The third-order valence-electron chi connectivity index (χ3n) is 3.33. The third-order valence-corrected chi connectivity index (χ3v) is 3.33. The molecule has 1 rings (SSSR count). The van der Waals surface area contributed by atoms with Gasteiger partial charge in [0.1, 0.15) is 5.60 Å². The van der Waals surface area contributed by atoms with Crippen LogP contribution in [0.5, 0.6) is 0 Å². The number of aliphatic hydroxyl groups is 1. The fourth-order valence-corrected chi connectivity index (χ4v) is 2.32. The zero-order valence-electron chi connectivity index (χ0n) is 10.5. The molecular weight excluding hydrogens is 204 g/mol. The molecule has 0 aliphatic heterocycles. The number of hydrogen-bond acceptors (Lipinski definition) is 3. The van der Waals surface area contributed by atoms with Crippen molar-refractivity contribution in [1.29, 1.82) is 0 Å². The van der Waals surface area contributed by atoms with Crippen LogP contribution < -0.4 is 0 Å². The molecule has 1 N–H and O–H groups in total. The molecule has 0 aromatic heterocycles. The van der Waals surface area contributed by atoms with Gasteiger partial charge in [-0.05, 0) is 33.6 Å². The van der Waals surface area contributed by atoms with E-state index in [0.717, 1.165) is 25.7 Å². The van der Waals surface area contributed by atoms with Crippen LogP contribution in [0.4, 0.5) is 0 Å². The number of hydrogen-bond donors (Lipinski definition) is 1. The van der Waals surface area contributed by atoms with Crippen molar-refractivity contribution < 1.29 is 14.6 Å². The molecule has 0 bridgehead atoms. The van der Waals surface area contributed by atoms with Gasteiger partial charge in [0, 0.05) is 11.5 Å². The average molecular weight is 226 g/mol. The van der Waals surface area contributed by atoms with Gasteiger partial charge in [-0.2, -0.15) is 0 Å². The van der Waals surface area contributed by atoms with Crippen LogP contribution >= 0.6 is 0 Å². The summed E-state index contributed by atoms with van der Waals surface area (Å²) in [7, 11) is 0. The topological polar surface area (TPSA) is 46.5 Å². The van der Waals surface area contributed by atoms with Crippen LogP contribution in [0.15, 0.2) is 12.2 Å². The van der Waals surface area contributed by atoms with E-state index in [2.05, 4.69) is 6.58 Å². The molecule has 1 aliphatic carbocycles. The minimum absolute atomic E-state index is 0.0320. The van der Waals surface area contributed by atoms with Gasteiger partial charge in [-0.15, -0.1) is 0 Å². The first-order valence-corrected chi connectivity index (χ1v) is 5.91. The van der Waals surface area contributed by atoms with E-state index < -0.39 is 5.60 Å². The van der Waals surface area contributed by atoms with E-state index in [9.17, 15) is 9.90 Å². The molecule has 1 fully saturated rings. The zero-order valence-corrected chi connectivity index (χ0v) is 10.5. The van der Waals surface area contributed by atoms with Gasteiger partial charge in [0.25, 0.3) is 0 Å². The number of aliphatic hydroxyl groups excluding tert-OH is 1. The van der Waals surface area contributed by atoms with Gasteiger partial charge >= 0.3 is 5.97 Å². The Morgan fingerprint density at radius 3 is 2.44 bits per heavy atom. The van der Waals surface area contributed by atoms with Gasteiger partial charge < -0.3 is 9.84 Å². The Morgan fingerprint density at radius 2 is 1.94 bits per heavy atom. The predicted octanol–water partition coefficient (Wildman–Crippen LogP) is 2.44. The highest BCUT2D eigenvalue weighted by molar-refractivity contribution is 5.87. The Labute approximate surface area is 97.5 Å². The van der Waals surface area contributed by atoms with Crippen LogP contribution in [0.25, 0.3) is 0 Å². The molecule has 3 heteroatoms. The van der Waals surface area contributed by atoms with E-state index in [1.807, 2.05) is 13.8 Å². The lowest BCUT2D eigenvalue weighted by molar-refractivity contribution is -0.163. The van der Waals surface area contributed by atoms with Crippen LogP contribution in [-0.4, -0.2) is 22.8 Å². The van der Waals surface area contributed by atoms with Gasteiger partial charge in [-0.3, -0.25) is 0 Å². The highest BCUT2D eigenvalue weighted by atomic mass is 16.6. The maximum atomic E-state index is 11.5. The highest BCUT2D eigenvalue weighted by Gasteiger charge is 2.39. The lowest BCUT2D eigenvalue weighted by Gasteiger charge is -2.39. The number of ether oxygens (including phenoxy) is 1. The second-order valence-electron chi connectivity index (χ2n) is 5.23. The van der Waals surface area contributed by atoms with E-state index in [-0.39, 0.29) is 18.0 Å². The zero-order chi connectivity index (χ0) is 12.3. The van der Waals surface area contributed by atoms with Crippen molar-refractivity contribution >= 4 is 5.97 Å². The molecule has 92 valence electrons. The highest BCUT2D eigenvalue weighted by Crippen LogP contribution is 2.35. The van der Waals surface area contributed by atoms with Crippen molar-refractivity contribution in [2.75, 3.05) is 0 Å². The number of rotatable bonds is 3. The molecule has 3 nitrogen and oxygen atoms in total. The summed E-state index contributed by atoms with van der Waals surface area (Å²) in [5.74, 6) is -0.340. The fraction of sp³-hybridized carbons (Fsp3) is 0.769. The Bertz CT molecular complexity index is 281. The lowest BCUT2D eigenvalue weighted by Crippen LogP contribution is -2.44. The van der Waals surface area contributed by atoms with E-state index >= 15 is 0 Å². The van der Waals surface area contributed by atoms with Crippen LogP contribution in [0.1, 0.15) is 46.5 Å². The summed E-state index contributed by atoms with van der Waals surface area (Å²) in [6.07, 6.45) is 3.51. The van der Waals surface area contributed by atoms with E-state index in [4.69, 9.17) is 4.74 Å². The molecule has 0 spiro atoms.